The van der Waals surface area contributed by atoms with Crippen molar-refractivity contribution >= 4 is 5.97 Å². The van der Waals surface area contributed by atoms with E-state index in [2.05, 4.69) is 40.7 Å². The maximum absolute atomic E-state index is 13.3. The van der Waals surface area contributed by atoms with Crippen LogP contribution in [0.15, 0.2) is 11.6 Å². The van der Waals surface area contributed by atoms with E-state index in [1.807, 2.05) is 13.8 Å². The van der Waals surface area contributed by atoms with Crippen molar-refractivity contribution in [2.75, 3.05) is 33.0 Å². The molecule has 32 nitrogen and oxygen atoms in total. The van der Waals surface area contributed by atoms with E-state index in [0.29, 0.717) is 57.8 Å². The minimum Gasteiger partial charge on any atom is -0.479 e. The van der Waals surface area contributed by atoms with Gasteiger partial charge in [-0.25, -0.2) is 4.79 Å². The number of hydrogen-bond acceptors (Lipinski definition) is 31. The summed E-state index contributed by atoms with van der Waals surface area (Å²) in [5.74, 6) is -2.13. The average Bonchev–Trinajstić information content (AvgIpc) is 0.673. The molecule has 0 bridgehead atoms. The molecular weight excluding hydrogens is 1290 g/mol. The van der Waals surface area contributed by atoms with Gasteiger partial charge in [-0.3, -0.25) is 0 Å². The quantitative estimate of drug-likeness (QED) is 0.0478. The van der Waals surface area contributed by atoms with Crippen LogP contribution in [0.5, 0.6) is 0 Å². The molecule has 38 atom stereocenters. The Labute approximate surface area is 561 Å². The maximum atomic E-state index is 13.3. The highest BCUT2D eigenvalue weighted by Gasteiger charge is 2.71. The summed E-state index contributed by atoms with van der Waals surface area (Å²) in [6.07, 6.45) is -47.0. The molecule has 10 fully saturated rings. The van der Waals surface area contributed by atoms with E-state index >= 15 is 0 Å². The molecule has 5 aliphatic carbocycles. The number of carboxylic acid groups (broad SMARTS) is 1. The van der Waals surface area contributed by atoms with E-state index in [1.54, 1.807) is 0 Å². The van der Waals surface area contributed by atoms with Crippen LogP contribution in [0.25, 0.3) is 0 Å². The Kier molecular flexibility index (Phi) is 22.4. The monoisotopic (exact) mass is 1400 g/mol. The normalized spacial score (nSPS) is 54.5. The molecule has 19 N–H and O–H groups in total. The zero-order valence-electron chi connectivity index (χ0n) is 55.9. The molecule has 0 radical (unpaired) electrons. The van der Waals surface area contributed by atoms with Crippen LogP contribution in [-0.2, 0) is 61.6 Å². The van der Waals surface area contributed by atoms with Crippen LogP contribution >= 0.6 is 0 Å². The Bertz CT molecular complexity index is 2730. The summed E-state index contributed by atoms with van der Waals surface area (Å²) in [6.45, 7) is 13.5. The number of carbonyl (C=O) groups is 1. The zero-order valence-corrected chi connectivity index (χ0v) is 55.9. The van der Waals surface area contributed by atoms with Gasteiger partial charge in [-0.15, -0.1) is 0 Å². The highest BCUT2D eigenvalue weighted by molar-refractivity contribution is 5.73. The smallest absolute Gasteiger partial charge is 0.335 e. The van der Waals surface area contributed by atoms with Crippen molar-refractivity contribution < 1.29 is 159 Å². The first kappa shape index (κ1) is 76.1. The minimum absolute atomic E-state index is 0.00871. The van der Waals surface area contributed by atoms with E-state index in [9.17, 15) is 102 Å². The third kappa shape index (κ3) is 13.2. The van der Waals surface area contributed by atoms with Crippen LogP contribution in [0, 0.1) is 50.2 Å². The average molecular weight is 1400 g/mol. The van der Waals surface area contributed by atoms with Crippen LogP contribution in [0.1, 0.15) is 113 Å². The van der Waals surface area contributed by atoms with Crippen LogP contribution < -0.4 is 0 Å². The first-order valence-corrected chi connectivity index (χ1v) is 34.2. The van der Waals surface area contributed by atoms with Gasteiger partial charge in [0.1, 0.15) is 128 Å². The predicted molar refractivity (Wildman–Crippen MR) is 322 cm³/mol. The Morgan fingerprint density at radius 2 is 1.03 bits per heavy atom. The maximum Gasteiger partial charge on any atom is 0.335 e. The molecule has 97 heavy (non-hydrogen) atoms. The summed E-state index contributed by atoms with van der Waals surface area (Å²) < 4.78 is 73.6. The molecule has 11 aliphatic rings. The van der Waals surface area contributed by atoms with Gasteiger partial charge in [0.2, 0.25) is 0 Å². The number of aliphatic hydroxyl groups is 18. The molecular formula is C65H106O32. The molecule has 558 valence electrons. The van der Waals surface area contributed by atoms with E-state index in [4.69, 9.17) is 56.8 Å². The van der Waals surface area contributed by atoms with Crippen molar-refractivity contribution in [3.05, 3.63) is 11.6 Å². The topological polar surface area (TPSA) is 512 Å². The Morgan fingerprint density at radius 1 is 0.505 bits per heavy atom. The van der Waals surface area contributed by atoms with Crippen LogP contribution in [-0.4, -0.2) is 326 Å². The highest BCUT2D eigenvalue weighted by atomic mass is 16.8. The second kappa shape index (κ2) is 28.5. The van der Waals surface area contributed by atoms with Crippen molar-refractivity contribution in [3.63, 3.8) is 0 Å². The van der Waals surface area contributed by atoms with Gasteiger partial charge in [-0.05, 0) is 110 Å². The second-order valence-corrected chi connectivity index (χ2v) is 31.7. The molecule has 11 rings (SSSR count). The summed E-state index contributed by atoms with van der Waals surface area (Å²) >= 11 is 0. The number of allylic oxidation sites excluding steroid dienone is 2. The zero-order chi connectivity index (χ0) is 70.9. The fourth-order valence-corrected chi connectivity index (χ4v) is 19.2. The predicted octanol–water partition coefficient (Wildman–Crippen LogP) is -5.18. The molecule has 6 saturated heterocycles. The number of carboxylic acids is 1. The second-order valence-electron chi connectivity index (χ2n) is 31.7. The van der Waals surface area contributed by atoms with Gasteiger partial charge >= 0.3 is 5.97 Å². The number of ether oxygens (including phenoxy) is 12. The first-order chi connectivity index (χ1) is 45.4. The lowest BCUT2D eigenvalue weighted by Gasteiger charge is -2.72. The lowest BCUT2D eigenvalue weighted by Crippen LogP contribution is -2.69. The number of aliphatic hydroxyl groups excluding tert-OH is 18. The molecule has 0 amide bonds. The van der Waals surface area contributed by atoms with Gasteiger partial charge in [0, 0.05) is 5.41 Å². The molecule has 6 aliphatic heterocycles. The van der Waals surface area contributed by atoms with Gasteiger partial charge in [0.05, 0.1) is 51.3 Å². The SMILES string of the molecule is C[C@@H]1O[C@@H](O[C@H]2[C@H](O[C@H]3[C@H](O)[C@@H](C(=O)O)O[C@@H](O[C@H]4CC[C@@]5(C)[C@H](CC[C@]6(C)[C@@H]5CC=C5[C@H]7CC(C)(C)CC[C@]7(CO[C@@H]7O[C@H](CO)[C@@H](O)[C@H](O)[C@H]7O[C@@H]7OC[C@@H](O)[C@H](O)[C@H]7O)[C@H](O)C[C@]56C)C4(C)C)[C@@H]3O[C@@H]3O[C@H](CO)[C@@H](O)[C@H](O)[C@H]3O)O[C@H](CO)[C@H](O)[C@@H]2O)[C@H](O)[C@H](O)[C@H]1O. The van der Waals surface area contributed by atoms with Gasteiger partial charge < -0.3 is 154 Å². The van der Waals surface area contributed by atoms with Crippen molar-refractivity contribution in [2.24, 2.45) is 50.2 Å². The largest absolute Gasteiger partial charge is 0.479 e. The molecule has 32 heteroatoms. The van der Waals surface area contributed by atoms with Gasteiger partial charge in [0.15, 0.2) is 43.8 Å². The Hall–Kier alpha value is -1.99. The molecule has 0 aromatic rings. The molecule has 0 aromatic heterocycles. The summed E-state index contributed by atoms with van der Waals surface area (Å²) in [5.41, 5.74) is -2.26. The minimum atomic E-state index is -2.30. The van der Waals surface area contributed by atoms with E-state index in [-0.39, 0.29) is 29.8 Å². The van der Waals surface area contributed by atoms with Crippen molar-refractivity contribution in [3.8, 4) is 0 Å². The summed E-state index contributed by atoms with van der Waals surface area (Å²) in [5, 5.41) is 209. The molecule has 0 spiro atoms. The third-order valence-electron chi connectivity index (χ3n) is 25.3. The van der Waals surface area contributed by atoms with Gasteiger partial charge in [-0.1, -0.05) is 60.1 Å². The van der Waals surface area contributed by atoms with Crippen molar-refractivity contribution in [1.82, 2.24) is 0 Å². The van der Waals surface area contributed by atoms with E-state index < -0.39 is 250 Å². The van der Waals surface area contributed by atoms with E-state index in [1.165, 1.54) is 12.5 Å². The Morgan fingerprint density at radius 3 is 1.65 bits per heavy atom. The fraction of sp³-hybridized carbons (Fsp3) is 0.954. The highest BCUT2D eigenvalue weighted by Crippen LogP contribution is 2.76. The van der Waals surface area contributed by atoms with Crippen LogP contribution in [0.3, 0.4) is 0 Å². The Balaban J connectivity index is 0.882. The van der Waals surface area contributed by atoms with Crippen molar-refractivity contribution in [2.45, 2.75) is 304 Å². The first-order valence-electron chi connectivity index (χ1n) is 34.2. The molecule has 6 heterocycles. The van der Waals surface area contributed by atoms with Crippen LogP contribution in [0.4, 0.5) is 0 Å². The summed E-state index contributed by atoms with van der Waals surface area (Å²) in [7, 11) is 0. The lowest BCUT2D eigenvalue weighted by molar-refractivity contribution is -0.406. The number of hydrogen-bond donors (Lipinski definition) is 19. The van der Waals surface area contributed by atoms with Crippen molar-refractivity contribution in [1.29, 1.82) is 0 Å². The summed E-state index contributed by atoms with van der Waals surface area (Å²) in [6, 6.07) is 0. The number of rotatable bonds is 17. The van der Waals surface area contributed by atoms with Crippen LogP contribution in [0.2, 0.25) is 0 Å². The number of aliphatic carboxylic acids is 1. The van der Waals surface area contributed by atoms with Gasteiger partial charge in [-0.2, -0.15) is 0 Å². The third-order valence-corrected chi connectivity index (χ3v) is 25.3. The standard InChI is InChI=1S/C65H106O32/c1-24-35(71)40(76)45(81)55(88-24)96-51-43(79)39(75)30(21-68)91-58(51)93-48-47(83)49(53(84)85)94-59(52(48)97-56-46(82)41(77)37(73)28(19-66)89-56)92-34-12-13-62(6)31(61(34,4)5)11-14-63(7)32(62)10-9-25-26-17-60(2,3)15-16-65(26,33(70)18-64(25,63)8)23-87-57-50(42(78)38(74)29(20-67)90-57)95-54-44(80)36(72)27(69)22-86-54/h9,24,26-52,54-59,66-83H,10-23H2,1-8H3,(H,84,85)/t24-,26+,27+,28+,29+,30+,31+,32+,33+,34-,35-,36-,37+,38+,39-,40+,41-,42-,43-,44+,45+,46+,47-,48-,49-,50+,51+,52+,54-,55-,56-,57+,58-,59+,62-,63+,64+,65+/m0/s1. The number of fused-ring (bicyclic) bond motifs is 7. The molecule has 4 saturated carbocycles. The van der Waals surface area contributed by atoms with E-state index in [0.717, 1.165) is 0 Å². The summed E-state index contributed by atoms with van der Waals surface area (Å²) in [4.78, 5) is 13.3. The fourth-order valence-electron chi connectivity index (χ4n) is 19.2. The molecule has 0 unspecified atom stereocenters. The molecule has 0 aromatic carbocycles. The lowest BCUT2D eigenvalue weighted by atomic mass is 9.33. The van der Waals surface area contributed by atoms with Gasteiger partial charge in [0.25, 0.3) is 0 Å².